The fourth-order valence-electron chi connectivity index (χ4n) is 2.35. The predicted molar refractivity (Wildman–Crippen MR) is 85.5 cm³/mol. The number of carbonyl (C=O) groups excluding carboxylic acids is 1. The molecule has 0 unspecified atom stereocenters. The molecule has 0 atom stereocenters. The number of aromatic nitrogens is 3. The molecule has 3 aromatic rings. The van der Waals surface area contributed by atoms with Crippen LogP contribution in [0.15, 0.2) is 48.5 Å². The largest absolute Gasteiger partial charge is 0.416 e. The molecule has 0 fully saturated rings. The van der Waals surface area contributed by atoms with Crippen LogP contribution in [-0.4, -0.2) is 20.9 Å². The zero-order valence-electron chi connectivity index (χ0n) is 13.4. The molecule has 0 aliphatic rings. The van der Waals surface area contributed by atoms with E-state index in [9.17, 15) is 22.4 Å². The van der Waals surface area contributed by atoms with Crippen molar-refractivity contribution in [1.29, 1.82) is 0 Å². The standard InChI is InChI=1S/C17H12F4N4O/c1-10-15(16(26)22-13-6-3-5-12(18)9-13)23-24-25(10)14-7-2-4-11(8-14)17(19,20)21/h2-9H,1H3,(H,22,26). The average Bonchev–Trinajstić information content (AvgIpc) is 2.96. The molecular formula is C17H12F4N4O. The fourth-order valence-corrected chi connectivity index (χ4v) is 2.35. The Kier molecular flexibility index (Phi) is 4.45. The summed E-state index contributed by atoms with van der Waals surface area (Å²) in [7, 11) is 0. The Hall–Kier alpha value is -3.23. The zero-order valence-corrected chi connectivity index (χ0v) is 13.4. The van der Waals surface area contributed by atoms with Crippen molar-refractivity contribution >= 4 is 11.6 Å². The number of nitrogens with one attached hydrogen (secondary N) is 1. The molecule has 1 N–H and O–H groups in total. The molecule has 26 heavy (non-hydrogen) atoms. The normalized spacial score (nSPS) is 11.4. The minimum Gasteiger partial charge on any atom is -0.320 e. The lowest BCUT2D eigenvalue weighted by Gasteiger charge is -2.09. The van der Waals surface area contributed by atoms with Gasteiger partial charge in [-0.15, -0.1) is 5.10 Å². The second kappa shape index (κ2) is 6.58. The summed E-state index contributed by atoms with van der Waals surface area (Å²) in [6.07, 6.45) is -4.50. The van der Waals surface area contributed by atoms with Crippen LogP contribution in [0, 0.1) is 12.7 Å². The number of hydrogen-bond donors (Lipinski definition) is 1. The topological polar surface area (TPSA) is 59.8 Å². The summed E-state index contributed by atoms with van der Waals surface area (Å²) in [6.45, 7) is 1.50. The Bertz CT molecular complexity index is 965. The van der Waals surface area contributed by atoms with Crippen molar-refractivity contribution in [1.82, 2.24) is 15.0 Å². The first-order chi connectivity index (χ1) is 12.3. The lowest BCUT2D eigenvalue weighted by molar-refractivity contribution is -0.137. The first kappa shape index (κ1) is 17.6. The first-order valence-corrected chi connectivity index (χ1v) is 7.42. The van der Waals surface area contributed by atoms with Crippen LogP contribution in [0.1, 0.15) is 21.7 Å². The number of anilines is 1. The Morgan fingerprint density at radius 3 is 2.54 bits per heavy atom. The van der Waals surface area contributed by atoms with E-state index >= 15 is 0 Å². The molecule has 1 heterocycles. The van der Waals surface area contributed by atoms with Crippen molar-refractivity contribution < 1.29 is 22.4 Å². The maximum Gasteiger partial charge on any atom is 0.416 e. The highest BCUT2D eigenvalue weighted by molar-refractivity contribution is 6.03. The van der Waals surface area contributed by atoms with Gasteiger partial charge in [-0.1, -0.05) is 17.3 Å². The molecule has 2 aromatic carbocycles. The summed E-state index contributed by atoms with van der Waals surface area (Å²) in [4.78, 5) is 12.3. The second-order valence-corrected chi connectivity index (χ2v) is 5.45. The van der Waals surface area contributed by atoms with Crippen molar-refractivity contribution in [2.45, 2.75) is 13.1 Å². The Labute approximate surface area is 145 Å². The third kappa shape index (κ3) is 3.56. The lowest BCUT2D eigenvalue weighted by Crippen LogP contribution is -2.14. The van der Waals surface area contributed by atoms with Crippen LogP contribution in [-0.2, 0) is 6.18 Å². The van der Waals surface area contributed by atoms with Gasteiger partial charge >= 0.3 is 6.18 Å². The Morgan fingerprint density at radius 1 is 1.12 bits per heavy atom. The predicted octanol–water partition coefficient (Wildman–Crippen LogP) is 3.99. The van der Waals surface area contributed by atoms with Gasteiger partial charge in [-0.05, 0) is 43.3 Å². The highest BCUT2D eigenvalue weighted by Gasteiger charge is 2.31. The number of amides is 1. The van der Waals surface area contributed by atoms with E-state index in [2.05, 4.69) is 15.6 Å². The van der Waals surface area contributed by atoms with Crippen LogP contribution in [0.4, 0.5) is 23.2 Å². The summed E-state index contributed by atoms with van der Waals surface area (Å²) >= 11 is 0. The van der Waals surface area contributed by atoms with Crippen molar-refractivity contribution in [3.63, 3.8) is 0 Å². The smallest absolute Gasteiger partial charge is 0.320 e. The molecular weight excluding hydrogens is 352 g/mol. The molecule has 0 radical (unpaired) electrons. The van der Waals surface area contributed by atoms with Gasteiger partial charge in [0.15, 0.2) is 5.69 Å². The number of halogens is 4. The van der Waals surface area contributed by atoms with Gasteiger partial charge in [0.1, 0.15) is 5.82 Å². The molecule has 3 rings (SSSR count). The highest BCUT2D eigenvalue weighted by atomic mass is 19.4. The maximum absolute atomic E-state index is 13.2. The van der Waals surface area contributed by atoms with Crippen molar-refractivity contribution in [2.24, 2.45) is 0 Å². The number of carbonyl (C=O) groups is 1. The van der Waals surface area contributed by atoms with Gasteiger partial charge in [0.05, 0.1) is 16.9 Å². The maximum atomic E-state index is 13.2. The third-order valence-corrected chi connectivity index (χ3v) is 3.61. The molecule has 0 bridgehead atoms. The molecule has 0 aliphatic carbocycles. The molecule has 1 aromatic heterocycles. The van der Waals surface area contributed by atoms with Gasteiger partial charge in [-0.2, -0.15) is 13.2 Å². The fraction of sp³-hybridized carbons (Fsp3) is 0.118. The van der Waals surface area contributed by atoms with Crippen molar-refractivity contribution in [3.05, 3.63) is 71.3 Å². The molecule has 0 aliphatic heterocycles. The van der Waals surface area contributed by atoms with Crippen LogP contribution in [0.25, 0.3) is 5.69 Å². The van der Waals surface area contributed by atoms with E-state index in [-0.39, 0.29) is 22.8 Å². The number of alkyl halides is 3. The van der Waals surface area contributed by atoms with Crippen LogP contribution >= 0.6 is 0 Å². The molecule has 134 valence electrons. The molecule has 9 heteroatoms. The van der Waals surface area contributed by atoms with Gasteiger partial charge in [0.25, 0.3) is 5.91 Å². The second-order valence-electron chi connectivity index (χ2n) is 5.45. The first-order valence-electron chi connectivity index (χ1n) is 7.42. The van der Waals surface area contributed by atoms with E-state index in [0.29, 0.717) is 0 Å². The van der Waals surface area contributed by atoms with Gasteiger partial charge in [0, 0.05) is 5.69 Å². The summed E-state index contributed by atoms with van der Waals surface area (Å²) in [5.41, 5.74) is -0.321. The number of benzene rings is 2. The molecule has 0 spiro atoms. The number of hydrogen-bond acceptors (Lipinski definition) is 3. The summed E-state index contributed by atoms with van der Waals surface area (Å²) in [5.74, 6) is -1.17. The van der Waals surface area contributed by atoms with Crippen molar-refractivity contribution in [2.75, 3.05) is 5.32 Å². The van der Waals surface area contributed by atoms with Crippen LogP contribution in [0.3, 0.4) is 0 Å². The van der Waals surface area contributed by atoms with Crippen LogP contribution < -0.4 is 5.32 Å². The minimum absolute atomic E-state index is 0.0772. The van der Waals surface area contributed by atoms with E-state index < -0.39 is 23.5 Å². The number of nitrogens with zero attached hydrogens (tertiary/aromatic N) is 3. The van der Waals surface area contributed by atoms with Crippen molar-refractivity contribution in [3.8, 4) is 5.69 Å². The van der Waals surface area contributed by atoms with Crippen LogP contribution in [0.2, 0.25) is 0 Å². The molecule has 1 amide bonds. The summed E-state index contributed by atoms with van der Waals surface area (Å²) in [5, 5.41) is 9.95. The van der Waals surface area contributed by atoms with E-state index in [4.69, 9.17) is 0 Å². The van der Waals surface area contributed by atoms with Gasteiger partial charge in [-0.25, -0.2) is 9.07 Å². The molecule has 0 saturated carbocycles. The zero-order chi connectivity index (χ0) is 18.9. The van der Waals surface area contributed by atoms with Gasteiger partial charge in [-0.3, -0.25) is 4.79 Å². The van der Waals surface area contributed by atoms with Gasteiger partial charge in [0.2, 0.25) is 0 Å². The van der Waals surface area contributed by atoms with Gasteiger partial charge < -0.3 is 5.32 Å². The summed E-state index contributed by atoms with van der Waals surface area (Å²) < 4.78 is 52.9. The Balaban J connectivity index is 1.90. The summed E-state index contributed by atoms with van der Waals surface area (Å²) in [6, 6.07) is 9.79. The average molecular weight is 364 g/mol. The van der Waals surface area contributed by atoms with E-state index in [1.165, 1.54) is 37.3 Å². The Morgan fingerprint density at radius 2 is 1.85 bits per heavy atom. The minimum atomic E-state index is -4.50. The van der Waals surface area contributed by atoms with E-state index in [0.717, 1.165) is 22.9 Å². The molecule has 0 saturated heterocycles. The molecule has 5 nitrogen and oxygen atoms in total. The monoisotopic (exact) mass is 364 g/mol. The van der Waals surface area contributed by atoms with E-state index in [1.807, 2.05) is 0 Å². The SMILES string of the molecule is Cc1c(C(=O)Nc2cccc(F)c2)nnn1-c1cccc(C(F)(F)F)c1. The highest BCUT2D eigenvalue weighted by Crippen LogP contribution is 2.30. The van der Waals surface area contributed by atoms with E-state index in [1.54, 1.807) is 0 Å². The quantitative estimate of drug-likeness (QED) is 0.715. The third-order valence-electron chi connectivity index (χ3n) is 3.61. The lowest BCUT2D eigenvalue weighted by atomic mass is 10.2. The number of rotatable bonds is 3. The van der Waals surface area contributed by atoms with Crippen LogP contribution in [0.5, 0.6) is 0 Å².